The Balaban J connectivity index is 2.12. The van der Waals surface area contributed by atoms with Crippen LogP contribution < -0.4 is 15.8 Å². The highest BCUT2D eigenvalue weighted by Gasteiger charge is 2.65. The number of halogens is 5. The molecule has 12 heteroatoms. The zero-order valence-corrected chi connectivity index (χ0v) is 17.6. The number of nitrogens with two attached hydrogens (primary N) is 1. The van der Waals surface area contributed by atoms with Crippen LogP contribution >= 0.6 is 0 Å². The predicted molar refractivity (Wildman–Crippen MR) is 106 cm³/mol. The molecule has 2 aromatic rings. The van der Waals surface area contributed by atoms with Gasteiger partial charge in [-0.3, -0.25) is 14.6 Å². The number of hydrogen-bond acceptors (Lipinski definition) is 5. The summed E-state index contributed by atoms with van der Waals surface area (Å²) in [6, 6.07) is 2.25. The van der Waals surface area contributed by atoms with Gasteiger partial charge in [0.25, 0.3) is 11.8 Å². The Morgan fingerprint density at radius 2 is 2.00 bits per heavy atom. The van der Waals surface area contributed by atoms with E-state index < -0.39 is 65.0 Å². The van der Waals surface area contributed by atoms with E-state index in [9.17, 15) is 31.5 Å². The lowest BCUT2D eigenvalue weighted by molar-refractivity contribution is -0.272. The van der Waals surface area contributed by atoms with Crippen LogP contribution in [0.4, 0.5) is 27.6 Å². The molecule has 3 N–H and O–H groups in total. The van der Waals surface area contributed by atoms with E-state index in [0.717, 1.165) is 39.3 Å². The summed E-state index contributed by atoms with van der Waals surface area (Å²) in [7, 11) is 0.978. The minimum atomic E-state index is -4.94. The third-order valence-corrected chi connectivity index (χ3v) is 5.78. The minimum absolute atomic E-state index is 0.0113. The highest BCUT2D eigenvalue weighted by Crippen LogP contribution is 2.55. The van der Waals surface area contributed by atoms with Crippen molar-refractivity contribution in [1.82, 2.24) is 4.98 Å². The molecule has 1 aliphatic heterocycles. The van der Waals surface area contributed by atoms with Crippen LogP contribution in [-0.4, -0.2) is 41.8 Å². The number of hydrogen-bond donors (Lipinski definition) is 2. The highest BCUT2D eigenvalue weighted by atomic mass is 19.4. The van der Waals surface area contributed by atoms with Crippen molar-refractivity contribution in [3.63, 3.8) is 0 Å². The summed E-state index contributed by atoms with van der Waals surface area (Å²) in [5.74, 6) is -8.81. The van der Waals surface area contributed by atoms with Crippen LogP contribution in [0.1, 0.15) is 37.2 Å². The van der Waals surface area contributed by atoms with E-state index in [4.69, 9.17) is 16.6 Å². The van der Waals surface area contributed by atoms with Gasteiger partial charge in [-0.1, -0.05) is 13.0 Å². The van der Waals surface area contributed by atoms with Crippen molar-refractivity contribution < 1.29 is 42.4 Å². The summed E-state index contributed by atoms with van der Waals surface area (Å²) in [5, 5.41) is 2.33. The molecule has 0 saturated carbocycles. The maximum atomic E-state index is 14.5. The maximum absolute atomic E-state index is 14.5. The first-order chi connectivity index (χ1) is 15.7. The molecule has 4 atom stereocenters. The van der Waals surface area contributed by atoms with Gasteiger partial charge in [0.05, 0.1) is 8.48 Å². The lowest BCUT2D eigenvalue weighted by Gasteiger charge is -2.32. The van der Waals surface area contributed by atoms with Crippen LogP contribution in [-0.2, 0) is 9.53 Å². The van der Waals surface area contributed by atoms with Crippen LogP contribution in [0.5, 0.6) is 5.75 Å². The fourth-order valence-electron chi connectivity index (χ4n) is 3.83. The highest BCUT2D eigenvalue weighted by molar-refractivity contribution is 5.97. The van der Waals surface area contributed by atoms with Crippen LogP contribution in [0.15, 0.2) is 30.4 Å². The van der Waals surface area contributed by atoms with Crippen LogP contribution in [0.3, 0.4) is 0 Å². The number of methoxy groups -OCH3 is 1. The third-order valence-electron chi connectivity index (χ3n) is 5.78. The van der Waals surface area contributed by atoms with Gasteiger partial charge in [0.15, 0.2) is 17.2 Å². The molecule has 0 bridgehead atoms. The third kappa shape index (κ3) is 4.22. The lowest BCUT2D eigenvalue weighted by Crippen LogP contribution is -2.47. The number of nitrogens with zero attached hydrogens (tertiary/aromatic N) is 1. The zero-order chi connectivity index (χ0) is 25.6. The smallest absolute Gasteiger partial charge is 0.417 e. The molecule has 1 aliphatic rings. The Kier molecular flexibility index (Phi) is 5.95. The number of ether oxygens (including phenoxy) is 2. The summed E-state index contributed by atoms with van der Waals surface area (Å²) < 4.78 is 88.2. The van der Waals surface area contributed by atoms with Crippen molar-refractivity contribution in [1.29, 1.82) is 0 Å². The van der Waals surface area contributed by atoms with Gasteiger partial charge in [-0.15, -0.1) is 0 Å². The number of amides is 2. The number of nitrogens with one attached hydrogen (secondary N) is 1. The number of primary amides is 1. The SMILES string of the molecule is [2H]c1cc([C@@H]2[C@@H](C(=O)Nc3ccnc(C(N)=O)c3)OC(C)(C(F)(F)F)[C@H]2C)c(OC)c(F)c1F. The number of carbonyl (C=O) groups excluding carboxylic acids is 2. The second-order valence-corrected chi connectivity index (χ2v) is 7.65. The van der Waals surface area contributed by atoms with Gasteiger partial charge >= 0.3 is 6.18 Å². The number of aromatic nitrogens is 1. The first-order valence-corrected chi connectivity index (χ1v) is 9.56. The van der Waals surface area contributed by atoms with E-state index >= 15 is 0 Å². The number of anilines is 1. The first kappa shape index (κ1) is 22.9. The van der Waals surface area contributed by atoms with Gasteiger partial charge in [0, 0.05) is 29.3 Å². The van der Waals surface area contributed by atoms with Gasteiger partial charge in [0.1, 0.15) is 11.8 Å². The van der Waals surface area contributed by atoms with Crippen LogP contribution in [0.2, 0.25) is 0 Å². The van der Waals surface area contributed by atoms with Crippen molar-refractivity contribution in [2.45, 2.75) is 37.6 Å². The van der Waals surface area contributed by atoms with E-state index in [0.29, 0.717) is 0 Å². The molecule has 0 radical (unpaired) electrons. The second kappa shape index (κ2) is 8.58. The van der Waals surface area contributed by atoms with Gasteiger partial charge in [-0.05, 0) is 25.1 Å². The maximum Gasteiger partial charge on any atom is 0.417 e. The van der Waals surface area contributed by atoms with Gasteiger partial charge < -0.3 is 20.5 Å². The Hall–Kier alpha value is -3.28. The molecule has 1 aromatic carbocycles. The fourth-order valence-corrected chi connectivity index (χ4v) is 3.83. The molecule has 2 amide bonds. The predicted octanol–water partition coefficient (Wildman–Crippen LogP) is 3.55. The van der Waals surface area contributed by atoms with Crippen molar-refractivity contribution in [3.05, 3.63) is 53.3 Å². The lowest BCUT2D eigenvalue weighted by atomic mass is 9.77. The number of alkyl halides is 3. The van der Waals surface area contributed by atoms with E-state index in [2.05, 4.69) is 10.3 Å². The molecule has 2 heterocycles. The van der Waals surface area contributed by atoms with Gasteiger partial charge in [-0.2, -0.15) is 17.6 Å². The molecule has 1 aromatic heterocycles. The van der Waals surface area contributed by atoms with Crippen molar-refractivity contribution in [2.75, 3.05) is 12.4 Å². The second-order valence-electron chi connectivity index (χ2n) is 7.65. The molecule has 1 saturated heterocycles. The summed E-state index contributed by atoms with van der Waals surface area (Å²) in [4.78, 5) is 28.1. The van der Waals surface area contributed by atoms with E-state index in [1.165, 1.54) is 6.07 Å². The molecule has 33 heavy (non-hydrogen) atoms. The molecular formula is C21H20F5N3O4. The number of rotatable bonds is 5. The van der Waals surface area contributed by atoms with Crippen LogP contribution in [0.25, 0.3) is 0 Å². The summed E-state index contributed by atoms with van der Waals surface area (Å²) >= 11 is 0. The standard InChI is InChI=1S/C21H20F5N3O4/c1-9-14(11-4-5-12(22)15(23)16(11)32-3)17(33-20(9,2)21(24,25)26)19(31)29-10-6-7-28-13(8-10)18(27)30/h4-9,14,17H,1-3H3,(H2,27,30)(H,28,29,31)/t9-,14+,17-,20?/m0/s1/i5D. The fraction of sp³-hybridized carbons (Fsp3) is 0.381. The minimum Gasteiger partial charge on any atom is -0.493 e. The number of pyridine rings is 1. The van der Waals surface area contributed by atoms with Crippen molar-refractivity contribution in [3.8, 4) is 5.75 Å². The molecule has 178 valence electrons. The molecule has 0 spiro atoms. The number of carbonyl (C=O) groups is 2. The molecular weight excluding hydrogens is 453 g/mol. The van der Waals surface area contributed by atoms with Crippen molar-refractivity contribution >= 4 is 17.5 Å². The largest absolute Gasteiger partial charge is 0.493 e. The average molecular weight is 474 g/mol. The summed E-state index contributed by atoms with van der Waals surface area (Å²) in [5.41, 5.74) is 1.74. The molecule has 1 unspecified atom stereocenters. The summed E-state index contributed by atoms with van der Waals surface area (Å²) in [6.45, 7) is 1.89. The molecule has 7 nitrogen and oxygen atoms in total. The molecule has 3 rings (SSSR count). The Bertz CT molecular complexity index is 1150. The zero-order valence-electron chi connectivity index (χ0n) is 18.6. The first-order valence-electron chi connectivity index (χ1n) is 10.1. The number of benzene rings is 1. The molecule has 0 aliphatic carbocycles. The van der Waals surface area contributed by atoms with Crippen LogP contribution in [0, 0.1) is 17.6 Å². The van der Waals surface area contributed by atoms with E-state index in [1.807, 2.05) is 0 Å². The molecule has 1 fully saturated rings. The Morgan fingerprint density at radius 3 is 2.58 bits per heavy atom. The van der Waals surface area contributed by atoms with Gasteiger partial charge in [0.2, 0.25) is 5.82 Å². The Morgan fingerprint density at radius 1 is 1.33 bits per heavy atom. The normalized spacial score (nSPS) is 25.5. The topological polar surface area (TPSA) is 104 Å². The summed E-state index contributed by atoms with van der Waals surface area (Å²) in [6.07, 6.45) is -5.65. The quantitative estimate of drug-likeness (QED) is 0.646. The van der Waals surface area contributed by atoms with Gasteiger partial charge in [-0.25, -0.2) is 4.39 Å². The average Bonchev–Trinajstić information content (AvgIpc) is 3.04. The van der Waals surface area contributed by atoms with Crippen molar-refractivity contribution in [2.24, 2.45) is 11.7 Å². The van der Waals surface area contributed by atoms with E-state index in [-0.39, 0.29) is 16.9 Å². The van der Waals surface area contributed by atoms with E-state index in [1.54, 1.807) is 0 Å². The monoisotopic (exact) mass is 474 g/mol. The Labute approximate surface area is 186 Å².